The van der Waals surface area contributed by atoms with Crippen LogP contribution in [0.5, 0.6) is 5.75 Å². The molecule has 1 aliphatic heterocycles. The lowest BCUT2D eigenvalue weighted by Crippen LogP contribution is -2.46. The minimum absolute atomic E-state index is 0.136. The molecule has 162 valence electrons. The molecule has 0 aromatic heterocycles. The third kappa shape index (κ3) is 6.92. The van der Waals surface area contributed by atoms with Crippen molar-refractivity contribution in [3.63, 3.8) is 0 Å². The Labute approximate surface area is 175 Å². The smallest absolute Gasteiger partial charge is 0.220 e. The van der Waals surface area contributed by atoms with Crippen molar-refractivity contribution >= 4 is 11.9 Å². The van der Waals surface area contributed by atoms with Gasteiger partial charge in [0.1, 0.15) is 5.75 Å². The average Bonchev–Trinajstić information content (AvgIpc) is 2.74. The number of carbonyl (C=O) groups is 1. The van der Waals surface area contributed by atoms with Crippen LogP contribution in [0.15, 0.2) is 29.3 Å². The van der Waals surface area contributed by atoms with E-state index in [1.807, 2.05) is 12.1 Å². The van der Waals surface area contributed by atoms with Crippen LogP contribution < -0.4 is 15.4 Å². The standard InChI is InChI=1S/C22H37N5O2/c1-6-24-22(27-13-11-17(12-14-27)15-21(28)23-2)25-16-20(26(3)4)18-7-9-19(29-5)10-8-18/h7-10,17,20H,6,11-16H2,1-5H3,(H,23,28)(H,24,25). The summed E-state index contributed by atoms with van der Waals surface area (Å²) in [5.41, 5.74) is 1.22. The maximum absolute atomic E-state index is 11.6. The number of aliphatic imine (C=N–C) groups is 1. The minimum Gasteiger partial charge on any atom is -0.497 e. The zero-order valence-electron chi connectivity index (χ0n) is 18.6. The van der Waals surface area contributed by atoms with Gasteiger partial charge in [0.05, 0.1) is 19.7 Å². The fourth-order valence-electron chi connectivity index (χ4n) is 3.70. The molecule has 0 radical (unpaired) electrons. The molecule has 1 unspecified atom stereocenters. The van der Waals surface area contributed by atoms with Gasteiger partial charge in [-0.05, 0) is 57.5 Å². The summed E-state index contributed by atoms with van der Waals surface area (Å²) in [5, 5.41) is 6.17. The van der Waals surface area contributed by atoms with Gasteiger partial charge in [-0.2, -0.15) is 0 Å². The summed E-state index contributed by atoms with van der Waals surface area (Å²) in [6.45, 7) is 5.48. The van der Waals surface area contributed by atoms with E-state index in [0.717, 1.165) is 44.2 Å². The minimum atomic E-state index is 0.136. The third-order valence-corrected chi connectivity index (χ3v) is 5.54. The number of hydrogen-bond donors (Lipinski definition) is 2. The van der Waals surface area contributed by atoms with Crippen LogP contribution in [0.4, 0.5) is 0 Å². The maximum atomic E-state index is 11.6. The molecule has 1 saturated heterocycles. The van der Waals surface area contributed by atoms with Crippen LogP contribution in [0.2, 0.25) is 0 Å². The summed E-state index contributed by atoms with van der Waals surface area (Å²) in [7, 11) is 7.56. The number of ether oxygens (including phenoxy) is 1. The van der Waals surface area contributed by atoms with Gasteiger partial charge >= 0.3 is 0 Å². The van der Waals surface area contributed by atoms with Crippen LogP contribution in [0, 0.1) is 5.92 Å². The first-order valence-corrected chi connectivity index (χ1v) is 10.5. The highest BCUT2D eigenvalue weighted by molar-refractivity contribution is 5.80. The summed E-state index contributed by atoms with van der Waals surface area (Å²) in [5.74, 6) is 2.43. The van der Waals surface area contributed by atoms with Crippen molar-refractivity contribution in [2.45, 2.75) is 32.2 Å². The molecule has 1 aliphatic rings. The molecule has 2 N–H and O–H groups in total. The van der Waals surface area contributed by atoms with Crippen molar-refractivity contribution in [2.24, 2.45) is 10.9 Å². The molecule has 0 spiro atoms. The predicted octanol–water partition coefficient (Wildman–Crippen LogP) is 2.11. The van der Waals surface area contributed by atoms with Crippen molar-refractivity contribution in [2.75, 3.05) is 54.4 Å². The van der Waals surface area contributed by atoms with Gasteiger partial charge in [-0.1, -0.05) is 12.1 Å². The van der Waals surface area contributed by atoms with E-state index >= 15 is 0 Å². The Kier molecular flexibility index (Phi) is 9.25. The Morgan fingerprint density at radius 3 is 2.45 bits per heavy atom. The van der Waals surface area contributed by atoms with Crippen LogP contribution in [0.3, 0.4) is 0 Å². The van der Waals surface area contributed by atoms with E-state index in [1.165, 1.54) is 5.56 Å². The van der Waals surface area contributed by atoms with Gasteiger partial charge in [-0.15, -0.1) is 0 Å². The zero-order chi connectivity index (χ0) is 21.2. The average molecular weight is 404 g/mol. The first kappa shape index (κ1) is 23.0. The molecule has 29 heavy (non-hydrogen) atoms. The van der Waals surface area contributed by atoms with E-state index in [4.69, 9.17) is 9.73 Å². The van der Waals surface area contributed by atoms with Gasteiger partial charge in [-0.25, -0.2) is 0 Å². The first-order chi connectivity index (χ1) is 14.0. The van der Waals surface area contributed by atoms with Crippen LogP contribution in [-0.2, 0) is 4.79 Å². The fourth-order valence-corrected chi connectivity index (χ4v) is 3.70. The second-order valence-electron chi connectivity index (χ2n) is 7.75. The number of piperidine rings is 1. The Morgan fingerprint density at radius 1 is 1.28 bits per heavy atom. The van der Waals surface area contributed by atoms with Gasteiger partial charge in [-0.3, -0.25) is 9.79 Å². The van der Waals surface area contributed by atoms with Gasteiger partial charge in [0, 0.05) is 33.1 Å². The first-order valence-electron chi connectivity index (χ1n) is 10.5. The van der Waals surface area contributed by atoms with Gasteiger partial charge in [0.15, 0.2) is 5.96 Å². The molecule has 0 saturated carbocycles. The van der Waals surface area contributed by atoms with Crippen molar-refractivity contribution in [3.05, 3.63) is 29.8 Å². The number of rotatable bonds is 8. The van der Waals surface area contributed by atoms with E-state index in [9.17, 15) is 4.79 Å². The third-order valence-electron chi connectivity index (χ3n) is 5.54. The largest absolute Gasteiger partial charge is 0.497 e. The van der Waals surface area contributed by atoms with Crippen LogP contribution >= 0.6 is 0 Å². The molecular formula is C22H37N5O2. The lowest BCUT2D eigenvalue weighted by molar-refractivity contribution is -0.121. The molecule has 1 amide bonds. The molecule has 7 heteroatoms. The number of carbonyl (C=O) groups excluding carboxylic acids is 1. The molecule has 0 aliphatic carbocycles. The number of methoxy groups -OCH3 is 1. The second-order valence-corrected chi connectivity index (χ2v) is 7.75. The Hall–Kier alpha value is -2.28. The van der Waals surface area contributed by atoms with E-state index in [1.54, 1.807) is 14.2 Å². The molecular weight excluding hydrogens is 366 g/mol. The van der Waals surface area contributed by atoms with E-state index in [-0.39, 0.29) is 11.9 Å². The van der Waals surface area contributed by atoms with Crippen molar-refractivity contribution in [1.82, 2.24) is 20.4 Å². The predicted molar refractivity (Wildman–Crippen MR) is 118 cm³/mol. The van der Waals surface area contributed by atoms with Crippen molar-refractivity contribution in [3.8, 4) is 5.75 Å². The van der Waals surface area contributed by atoms with Crippen LogP contribution in [0.1, 0.15) is 37.8 Å². The normalized spacial score (nSPS) is 16.6. The molecule has 0 bridgehead atoms. The number of likely N-dealkylation sites (N-methyl/N-ethyl adjacent to an activating group) is 1. The Morgan fingerprint density at radius 2 is 1.93 bits per heavy atom. The van der Waals surface area contributed by atoms with Crippen LogP contribution in [-0.4, -0.2) is 76.1 Å². The highest BCUT2D eigenvalue weighted by Crippen LogP contribution is 2.23. The van der Waals surface area contributed by atoms with E-state index < -0.39 is 0 Å². The molecule has 1 atom stereocenters. The number of nitrogens with zero attached hydrogens (tertiary/aromatic N) is 3. The maximum Gasteiger partial charge on any atom is 0.220 e. The summed E-state index contributed by atoms with van der Waals surface area (Å²) >= 11 is 0. The number of nitrogens with one attached hydrogen (secondary N) is 2. The summed E-state index contributed by atoms with van der Waals surface area (Å²) in [4.78, 5) is 21.1. The number of guanidine groups is 1. The molecule has 1 aromatic rings. The lowest BCUT2D eigenvalue weighted by Gasteiger charge is -2.34. The number of likely N-dealkylation sites (tertiary alicyclic amines) is 1. The van der Waals surface area contributed by atoms with E-state index in [2.05, 4.69) is 53.6 Å². The van der Waals surface area contributed by atoms with Crippen LogP contribution in [0.25, 0.3) is 0 Å². The lowest BCUT2D eigenvalue weighted by atomic mass is 9.93. The molecule has 2 rings (SSSR count). The zero-order valence-corrected chi connectivity index (χ0v) is 18.6. The second kappa shape index (κ2) is 11.7. The van der Waals surface area contributed by atoms with Gasteiger partial charge in [0.2, 0.25) is 5.91 Å². The monoisotopic (exact) mass is 403 g/mol. The van der Waals surface area contributed by atoms with Gasteiger partial charge in [0.25, 0.3) is 0 Å². The topological polar surface area (TPSA) is 69.2 Å². The highest BCUT2D eigenvalue weighted by Gasteiger charge is 2.23. The number of hydrogen-bond acceptors (Lipinski definition) is 4. The molecule has 1 aromatic carbocycles. The fraction of sp³-hybridized carbons (Fsp3) is 0.636. The summed E-state index contributed by atoms with van der Waals surface area (Å²) in [6.07, 6.45) is 2.67. The Balaban J connectivity index is 2.03. The number of amides is 1. The Bertz CT molecular complexity index is 652. The summed E-state index contributed by atoms with van der Waals surface area (Å²) < 4.78 is 5.28. The molecule has 1 fully saturated rings. The number of benzene rings is 1. The quantitative estimate of drug-likeness (QED) is 0.514. The molecule has 1 heterocycles. The highest BCUT2D eigenvalue weighted by atomic mass is 16.5. The van der Waals surface area contributed by atoms with Gasteiger partial charge < -0.3 is 25.2 Å². The SMILES string of the molecule is CCNC(=NCC(c1ccc(OC)cc1)N(C)C)N1CCC(CC(=O)NC)CC1. The molecule has 7 nitrogen and oxygen atoms in total. The van der Waals surface area contributed by atoms with Crippen molar-refractivity contribution < 1.29 is 9.53 Å². The van der Waals surface area contributed by atoms with E-state index in [0.29, 0.717) is 18.9 Å². The van der Waals surface area contributed by atoms with Crippen molar-refractivity contribution in [1.29, 1.82) is 0 Å². The summed E-state index contributed by atoms with van der Waals surface area (Å²) in [6, 6.07) is 8.41.